The zero-order valence-electron chi connectivity index (χ0n) is 4.07. The largest absolute Gasteiger partial charge is 0.125 e. The van der Waals surface area contributed by atoms with E-state index in [1.165, 1.54) is 0 Å². The molecule has 0 aliphatic carbocycles. The summed E-state index contributed by atoms with van der Waals surface area (Å²) in [7, 11) is 2.07. The van der Waals surface area contributed by atoms with Gasteiger partial charge in [-0.25, -0.2) is 0 Å². The van der Waals surface area contributed by atoms with Gasteiger partial charge in [-0.15, -0.1) is 12.3 Å². The molecule has 0 aromatic heterocycles. The van der Waals surface area contributed by atoms with Gasteiger partial charge in [-0.1, -0.05) is 13.2 Å². The van der Waals surface area contributed by atoms with Gasteiger partial charge in [0.05, 0.1) is 0 Å². The van der Waals surface area contributed by atoms with Crippen molar-refractivity contribution in [1.29, 1.82) is 0 Å². The molecular weight excluding hydrogens is 70.9 g/mol. The summed E-state index contributed by atoms with van der Waals surface area (Å²) in [5, 5.41) is 0. The summed E-state index contributed by atoms with van der Waals surface area (Å²) in [4.78, 5) is 0. The van der Waals surface area contributed by atoms with Crippen molar-refractivity contribution in [3.63, 3.8) is 0 Å². The molecule has 31 valence electrons. The number of rotatable bonds is 2. The van der Waals surface area contributed by atoms with Crippen LogP contribution in [0.15, 0.2) is 0 Å². The second-order valence-corrected chi connectivity index (χ2v) is 1.11. The van der Waals surface area contributed by atoms with E-state index in [1.807, 2.05) is 0 Å². The van der Waals surface area contributed by atoms with Crippen molar-refractivity contribution in [1.82, 2.24) is 0 Å². The minimum atomic E-state index is 0.816. The molecule has 1 heteroatoms. The Bertz CT molecular complexity index is 51.4. The van der Waals surface area contributed by atoms with Crippen molar-refractivity contribution < 1.29 is 0 Å². The van der Waals surface area contributed by atoms with Crippen LogP contribution < -0.4 is 0 Å². The number of terminal acetylenes is 1. The summed E-state index contributed by atoms with van der Waals surface area (Å²) in [5.74, 6) is 2.51. The summed E-state index contributed by atoms with van der Waals surface area (Å²) >= 11 is 0. The molecule has 6 heavy (non-hydrogen) atoms. The quantitative estimate of drug-likeness (QED) is 0.265. The molecule has 0 heterocycles. The van der Waals surface area contributed by atoms with Gasteiger partial charge in [-0.05, 0) is 6.32 Å². The van der Waals surface area contributed by atoms with Gasteiger partial charge in [0.1, 0.15) is 7.28 Å². The van der Waals surface area contributed by atoms with Gasteiger partial charge in [0, 0.05) is 0 Å². The van der Waals surface area contributed by atoms with E-state index in [4.69, 9.17) is 6.42 Å². The summed E-state index contributed by atoms with van der Waals surface area (Å²) in [5.41, 5.74) is 0. The lowest BCUT2D eigenvalue weighted by Crippen LogP contribution is -1.78. The van der Waals surface area contributed by atoms with Crippen LogP contribution in [-0.4, -0.2) is 7.28 Å². The third kappa shape index (κ3) is 3.62. The molecule has 0 aliphatic heterocycles. The molecule has 0 saturated carbocycles. The van der Waals surface area contributed by atoms with Crippen LogP contribution in [0.25, 0.3) is 0 Å². The lowest BCUT2D eigenvalue weighted by Gasteiger charge is -1.76. The van der Waals surface area contributed by atoms with Gasteiger partial charge in [0.15, 0.2) is 0 Å². The molecule has 0 aromatic carbocycles. The Morgan fingerprint density at radius 3 is 2.67 bits per heavy atom. The van der Waals surface area contributed by atoms with E-state index < -0.39 is 0 Å². The minimum Gasteiger partial charge on any atom is -0.121 e. The van der Waals surface area contributed by atoms with E-state index in [-0.39, 0.29) is 0 Å². The van der Waals surface area contributed by atoms with Gasteiger partial charge >= 0.3 is 0 Å². The maximum absolute atomic E-state index is 4.93. The van der Waals surface area contributed by atoms with Crippen molar-refractivity contribution in [2.75, 3.05) is 0 Å². The maximum atomic E-state index is 4.93. The van der Waals surface area contributed by atoms with Crippen molar-refractivity contribution >= 4 is 7.28 Å². The minimum absolute atomic E-state index is 0.816. The molecule has 0 fully saturated rings. The molecule has 0 aromatic rings. The molecule has 0 unspecified atom stereocenters. The molecule has 0 atom stereocenters. The van der Waals surface area contributed by atoms with E-state index in [1.54, 1.807) is 0 Å². The SMILES string of the molecule is C#CC[B]CC. The Hall–Kier alpha value is -0.375. The lowest BCUT2D eigenvalue weighted by molar-refractivity contribution is 1.44. The first-order chi connectivity index (χ1) is 2.91. The molecule has 0 spiro atoms. The first-order valence-electron chi connectivity index (χ1n) is 2.17. The second-order valence-electron chi connectivity index (χ2n) is 1.11. The highest BCUT2D eigenvalue weighted by atomic mass is 13.5. The van der Waals surface area contributed by atoms with Crippen LogP contribution in [0.5, 0.6) is 0 Å². The molecule has 0 aliphatic rings. The molecule has 0 N–H and O–H groups in total. The Labute approximate surface area is 40.2 Å². The zero-order chi connectivity index (χ0) is 4.83. The van der Waals surface area contributed by atoms with Gasteiger partial charge < -0.3 is 0 Å². The van der Waals surface area contributed by atoms with Gasteiger partial charge in [0.2, 0.25) is 0 Å². The van der Waals surface area contributed by atoms with Crippen LogP contribution in [0, 0.1) is 12.3 Å². The fraction of sp³-hybridized carbons (Fsp3) is 0.600. The second kappa shape index (κ2) is 4.62. The van der Waals surface area contributed by atoms with E-state index in [0.717, 1.165) is 12.6 Å². The topological polar surface area (TPSA) is 0 Å². The van der Waals surface area contributed by atoms with Crippen LogP contribution in [-0.2, 0) is 0 Å². The van der Waals surface area contributed by atoms with E-state index in [9.17, 15) is 0 Å². The lowest BCUT2D eigenvalue weighted by atomic mass is 9.72. The molecule has 0 nitrogen and oxygen atoms in total. The van der Waals surface area contributed by atoms with Crippen LogP contribution in [0.2, 0.25) is 12.6 Å². The van der Waals surface area contributed by atoms with E-state index in [2.05, 4.69) is 20.1 Å². The highest BCUT2D eigenvalue weighted by molar-refractivity contribution is 6.36. The molecule has 0 rings (SSSR count). The molecule has 1 radical (unpaired) electrons. The predicted molar refractivity (Wildman–Crippen MR) is 29.9 cm³/mol. The summed E-state index contributed by atoms with van der Waals surface area (Å²) < 4.78 is 0. The summed E-state index contributed by atoms with van der Waals surface area (Å²) in [6, 6.07) is 0. The Balaban J connectivity index is 2.54. The molecular formula is C5H8B. The summed E-state index contributed by atoms with van der Waals surface area (Å²) in [6.45, 7) is 2.08. The van der Waals surface area contributed by atoms with Crippen LogP contribution in [0.1, 0.15) is 6.92 Å². The van der Waals surface area contributed by atoms with Crippen LogP contribution in [0.3, 0.4) is 0 Å². The van der Waals surface area contributed by atoms with E-state index in [0.29, 0.717) is 0 Å². The fourth-order valence-electron chi connectivity index (χ4n) is 0.228. The van der Waals surface area contributed by atoms with Crippen molar-refractivity contribution in [2.24, 2.45) is 0 Å². The van der Waals surface area contributed by atoms with Crippen molar-refractivity contribution in [2.45, 2.75) is 19.6 Å². The molecule has 0 saturated heterocycles. The first-order valence-corrected chi connectivity index (χ1v) is 2.17. The highest BCUT2D eigenvalue weighted by Gasteiger charge is 1.75. The number of hydrogen-bond acceptors (Lipinski definition) is 0. The monoisotopic (exact) mass is 79.1 g/mol. The Morgan fingerprint density at radius 2 is 2.50 bits per heavy atom. The van der Waals surface area contributed by atoms with Crippen molar-refractivity contribution in [3.8, 4) is 12.3 Å². The van der Waals surface area contributed by atoms with Gasteiger partial charge in [-0.3, -0.25) is 0 Å². The Morgan fingerprint density at radius 1 is 1.83 bits per heavy atom. The smallest absolute Gasteiger partial charge is 0.121 e. The van der Waals surface area contributed by atoms with Gasteiger partial charge in [-0.2, -0.15) is 0 Å². The molecule has 0 amide bonds. The maximum Gasteiger partial charge on any atom is 0.125 e. The van der Waals surface area contributed by atoms with Crippen LogP contribution in [0.4, 0.5) is 0 Å². The summed E-state index contributed by atoms with van der Waals surface area (Å²) in [6.07, 6.45) is 6.84. The average Bonchev–Trinajstić information content (AvgIpc) is 1.61. The highest BCUT2D eigenvalue weighted by Crippen LogP contribution is 1.77. The first kappa shape index (κ1) is 5.62. The number of hydrogen-bond donors (Lipinski definition) is 0. The fourth-order valence-corrected chi connectivity index (χ4v) is 0.228. The average molecular weight is 78.9 g/mol. The van der Waals surface area contributed by atoms with Gasteiger partial charge in [0.25, 0.3) is 0 Å². The van der Waals surface area contributed by atoms with Crippen LogP contribution >= 0.6 is 0 Å². The third-order valence-electron chi connectivity index (χ3n) is 0.551. The Kier molecular flexibility index (Phi) is 4.34. The normalized spacial score (nSPS) is 6.67. The predicted octanol–water partition coefficient (Wildman–Crippen LogP) is 1.18. The zero-order valence-corrected chi connectivity index (χ0v) is 4.07. The van der Waals surface area contributed by atoms with E-state index >= 15 is 0 Å². The standard InChI is InChI=1S/C5H8B/c1-3-5-6-4-2/h1H,4-5H2,2H3. The molecule has 0 bridgehead atoms. The van der Waals surface area contributed by atoms with Crippen molar-refractivity contribution in [3.05, 3.63) is 0 Å². The third-order valence-corrected chi connectivity index (χ3v) is 0.551.